The van der Waals surface area contributed by atoms with Crippen molar-refractivity contribution < 1.29 is 9.90 Å². The first-order valence-corrected chi connectivity index (χ1v) is 5.50. The summed E-state index contributed by atoms with van der Waals surface area (Å²) in [6.45, 7) is 3.89. The molecular weight excluding hydrogens is 234 g/mol. The molecule has 0 radical (unpaired) electrons. The van der Waals surface area contributed by atoms with Gasteiger partial charge in [0.25, 0.3) is 5.56 Å². The molecule has 2 aromatic heterocycles. The van der Waals surface area contributed by atoms with Gasteiger partial charge in [0.1, 0.15) is 11.2 Å². The molecule has 0 unspecified atom stereocenters. The first-order chi connectivity index (χ1) is 8.47. The maximum atomic E-state index is 12.0. The zero-order valence-corrected chi connectivity index (χ0v) is 10.1. The summed E-state index contributed by atoms with van der Waals surface area (Å²) in [6, 6.07) is 3.42. The van der Waals surface area contributed by atoms with Crippen LogP contribution in [0.4, 0.5) is 5.69 Å². The Hall–Kier alpha value is -2.37. The summed E-state index contributed by atoms with van der Waals surface area (Å²) < 4.78 is 1.32. The Morgan fingerprint density at radius 1 is 1.50 bits per heavy atom. The predicted molar refractivity (Wildman–Crippen MR) is 67.8 cm³/mol. The second kappa shape index (κ2) is 4.14. The molecule has 0 aliphatic carbocycles. The van der Waals surface area contributed by atoms with Gasteiger partial charge >= 0.3 is 5.97 Å². The first kappa shape index (κ1) is 12.1. The Bertz CT molecular complexity index is 704. The minimum Gasteiger partial charge on any atom is -0.477 e. The number of pyridine rings is 2. The number of hydrogen-bond donors (Lipinski definition) is 2. The van der Waals surface area contributed by atoms with Crippen LogP contribution in [0.1, 0.15) is 23.0 Å². The van der Waals surface area contributed by atoms with Crippen molar-refractivity contribution in [2.45, 2.75) is 20.4 Å². The van der Waals surface area contributed by atoms with Crippen LogP contribution < -0.4 is 11.3 Å². The van der Waals surface area contributed by atoms with E-state index in [1.807, 2.05) is 0 Å². The molecule has 2 heterocycles. The highest BCUT2D eigenvalue weighted by Crippen LogP contribution is 2.21. The van der Waals surface area contributed by atoms with Gasteiger partial charge in [-0.3, -0.25) is 9.36 Å². The molecule has 0 saturated heterocycles. The molecule has 3 N–H and O–H groups in total. The van der Waals surface area contributed by atoms with Crippen LogP contribution in [0.5, 0.6) is 0 Å². The molecule has 94 valence electrons. The molecule has 0 fully saturated rings. The number of anilines is 1. The van der Waals surface area contributed by atoms with Gasteiger partial charge in [-0.1, -0.05) is 0 Å². The van der Waals surface area contributed by atoms with E-state index < -0.39 is 17.1 Å². The number of carboxylic acid groups (broad SMARTS) is 1. The Kier molecular flexibility index (Phi) is 2.78. The summed E-state index contributed by atoms with van der Waals surface area (Å²) >= 11 is 0. The fourth-order valence-electron chi connectivity index (χ4n) is 1.94. The van der Waals surface area contributed by atoms with Crippen molar-refractivity contribution in [3.63, 3.8) is 0 Å². The largest absolute Gasteiger partial charge is 0.477 e. The van der Waals surface area contributed by atoms with Crippen molar-refractivity contribution in [1.82, 2.24) is 9.55 Å². The van der Waals surface area contributed by atoms with Gasteiger partial charge in [0, 0.05) is 17.6 Å². The molecule has 2 rings (SSSR count). The summed E-state index contributed by atoms with van der Waals surface area (Å²) in [5.74, 6) is -1.32. The lowest BCUT2D eigenvalue weighted by Crippen LogP contribution is -2.28. The Balaban J connectivity index is 3.05. The molecule has 6 nitrogen and oxygen atoms in total. The highest BCUT2D eigenvalue weighted by Gasteiger charge is 2.20. The first-order valence-electron chi connectivity index (χ1n) is 5.50. The molecule has 0 aliphatic rings. The van der Waals surface area contributed by atoms with E-state index in [2.05, 4.69) is 4.98 Å². The van der Waals surface area contributed by atoms with E-state index in [1.54, 1.807) is 26.0 Å². The zero-order valence-electron chi connectivity index (χ0n) is 10.1. The molecule has 0 saturated carbocycles. The van der Waals surface area contributed by atoms with Gasteiger partial charge in [-0.25, -0.2) is 9.78 Å². The summed E-state index contributed by atoms with van der Waals surface area (Å²) in [5, 5.41) is 9.55. The molecule has 0 bridgehead atoms. The smallest absolute Gasteiger partial charge is 0.343 e. The molecule has 0 amide bonds. The van der Waals surface area contributed by atoms with Crippen molar-refractivity contribution in [3.8, 4) is 0 Å². The third-order valence-electron chi connectivity index (χ3n) is 2.82. The van der Waals surface area contributed by atoms with Gasteiger partial charge in [0.05, 0.1) is 5.69 Å². The van der Waals surface area contributed by atoms with Crippen LogP contribution in [0.25, 0.3) is 11.0 Å². The Labute approximate surface area is 103 Å². The standard InChI is InChI=1S/C12H13N3O3/c1-3-15-10-7(5-4-6(2)14-10)9(13)8(11(15)16)12(17)18/h4-5H,3,13H2,1-2H3,(H,17,18). The van der Waals surface area contributed by atoms with Crippen LogP contribution in [0, 0.1) is 6.92 Å². The van der Waals surface area contributed by atoms with E-state index in [0.717, 1.165) is 5.69 Å². The maximum Gasteiger partial charge on any atom is 0.343 e. The summed E-state index contributed by atoms with van der Waals surface area (Å²) in [7, 11) is 0. The van der Waals surface area contributed by atoms with Crippen molar-refractivity contribution in [2.24, 2.45) is 0 Å². The average molecular weight is 247 g/mol. The molecule has 0 spiro atoms. The van der Waals surface area contributed by atoms with Crippen molar-refractivity contribution in [1.29, 1.82) is 0 Å². The SMILES string of the molecule is CCn1c(=O)c(C(=O)O)c(N)c2ccc(C)nc21. The lowest BCUT2D eigenvalue weighted by Gasteiger charge is -2.12. The number of aromatic nitrogens is 2. The normalized spacial score (nSPS) is 10.8. The Morgan fingerprint density at radius 2 is 2.17 bits per heavy atom. The molecule has 0 aromatic carbocycles. The second-order valence-corrected chi connectivity index (χ2v) is 3.97. The lowest BCUT2D eigenvalue weighted by atomic mass is 10.1. The number of aryl methyl sites for hydroxylation is 2. The van der Waals surface area contributed by atoms with Crippen LogP contribution in [-0.2, 0) is 6.54 Å². The topological polar surface area (TPSA) is 98.2 Å². The van der Waals surface area contributed by atoms with Crippen LogP contribution in [-0.4, -0.2) is 20.6 Å². The molecule has 2 aromatic rings. The van der Waals surface area contributed by atoms with Crippen molar-refractivity contribution >= 4 is 22.7 Å². The van der Waals surface area contributed by atoms with Gasteiger partial charge in [-0.2, -0.15) is 0 Å². The lowest BCUT2D eigenvalue weighted by molar-refractivity contribution is 0.0695. The third-order valence-corrected chi connectivity index (χ3v) is 2.82. The minimum absolute atomic E-state index is 0.0281. The number of fused-ring (bicyclic) bond motifs is 1. The quantitative estimate of drug-likeness (QED) is 0.825. The summed E-state index contributed by atoms with van der Waals surface area (Å²) in [5.41, 5.74) is 5.88. The molecule has 0 atom stereocenters. The van der Waals surface area contributed by atoms with Crippen molar-refractivity contribution in [2.75, 3.05) is 5.73 Å². The number of hydrogen-bond acceptors (Lipinski definition) is 4. The van der Waals surface area contributed by atoms with Gasteiger partial charge in [0.2, 0.25) is 0 Å². The van der Waals surface area contributed by atoms with Gasteiger partial charge in [-0.05, 0) is 26.0 Å². The van der Waals surface area contributed by atoms with E-state index >= 15 is 0 Å². The Morgan fingerprint density at radius 3 is 2.72 bits per heavy atom. The fourth-order valence-corrected chi connectivity index (χ4v) is 1.94. The molecule has 6 heteroatoms. The zero-order chi connectivity index (χ0) is 13.4. The molecular formula is C12H13N3O3. The average Bonchev–Trinajstić information content (AvgIpc) is 2.28. The van der Waals surface area contributed by atoms with Crippen LogP contribution in [0.3, 0.4) is 0 Å². The van der Waals surface area contributed by atoms with E-state index in [-0.39, 0.29) is 5.69 Å². The maximum absolute atomic E-state index is 12.0. The summed E-state index contributed by atoms with van der Waals surface area (Å²) in [6.07, 6.45) is 0. The van der Waals surface area contributed by atoms with Gasteiger partial charge < -0.3 is 10.8 Å². The van der Waals surface area contributed by atoms with Gasteiger partial charge in [0.15, 0.2) is 0 Å². The minimum atomic E-state index is -1.32. The van der Waals surface area contributed by atoms with E-state index in [9.17, 15) is 9.59 Å². The fraction of sp³-hybridized carbons (Fsp3) is 0.250. The van der Waals surface area contributed by atoms with Crippen LogP contribution in [0.15, 0.2) is 16.9 Å². The van der Waals surface area contributed by atoms with Gasteiger partial charge in [-0.15, -0.1) is 0 Å². The number of nitrogen functional groups attached to an aromatic ring is 1. The number of nitrogens with two attached hydrogens (primary N) is 1. The summed E-state index contributed by atoms with van der Waals surface area (Å²) in [4.78, 5) is 27.4. The number of carboxylic acids is 1. The van der Waals surface area contributed by atoms with E-state index in [4.69, 9.17) is 10.8 Å². The van der Waals surface area contributed by atoms with Crippen molar-refractivity contribution in [3.05, 3.63) is 33.7 Å². The van der Waals surface area contributed by atoms with E-state index in [1.165, 1.54) is 4.57 Å². The highest BCUT2D eigenvalue weighted by atomic mass is 16.4. The number of nitrogens with zero attached hydrogens (tertiary/aromatic N) is 2. The number of carbonyl (C=O) groups is 1. The monoisotopic (exact) mass is 247 g/mol. The van der Waals surface area contributed by atoms with Crippen LogP contribution >= 0.6 is 0 Å². The predicted octanol–water partition coefficient (Wildman–Crippen LogP) is 1.01. The third kappa shape index (κ3) is 1.62. The number of rotatable bonds is 2. The number of aromatic carboxylic acids is 1. The van der Waals surface area contributed by atoms with E-state index in [0.29, 0.717) is 17.6 Å². The van der Waals surface area contributed by atoms with Crippen LogP contribution in [0.2, 0.25) is 0 Å². The molecule has 0 aliphatic heterocycles. The molecule has 18 heavy (non-hydrogen) atoms. The second-order valence-electron chi connectivity index (χ2n) is 3.97. The highest BCUT2D eigenvalue weighted by molar-refractivity contribution is 6.02.